The van der Waals surface area contributed by atoms with Crippen molar-refractivity contribution in [3.05, 3.63) is 28.2 Å². The molecule has 0 saturated heterocycles. The van der Waals surface area contributed by atoms with Crippen molar-refractivity contribution in [2.24, 2.45) is 0 Å². The van der Waals surface area contributed by atoms with Crippen molar-refractivity contribution in [2.45, 2.75) is 24.9 Å². The summed E-state index contributed by atoms with van der Waals surface area (Å²) in [6.45, 7) is 0. The molecule has 0 spiro atoms. The average molecular weight is 240 g/mol. The molecular formula is C11H10ClNOS. The summed E-state index contributed by atoms with van der Waals surface area (Å²) in [7, 11) is 0. The number of halogens is 1. The third-order valence-electron chi connectivity index (χ3n) is 2.93. The summed E-state index contributed by atoms with van der Waals surface area (Å²) in [5.74, 6) is 0. The van der Waals surface area contributed by atoms with Crippen LogP contribution in [0, 0.1) is 0 Å². The van der Waals surface area contributed by atoms with Gasteiger partial charge < -0.3 is 5.11 Å². The second-order valence-corrected chi connectivity index (χ2v) is 5.48. The van der Waals surface area contributed by atoms with Gasteiger partial charge in [-0.2, -0.15) is 0 Å². The standard InChI is InChI=1S/C11H10ClNOS/c12-7-2-3-8-9(6-7)15-10(13-8)11(14)4-1-5-11/h2-3,6,14H,1,4-5H2. The maximum absolute atomic E-state index is 10.2. The Morgan fingerprint density at radius 3 is 2.87 bits per heavy atom. The van der Waals surface area contributed by atoms with E-state index >= 15 is 0 Å². The maximum Gasteiger partial charge on any atom is 0.126 e. The van der Waals surface area contributed by atoms with E-state index < -0.39 is 5.60 Å². The van der Waals surface area contributed by atoms with Gasteiger partial charge in [-0.25, -0.2) is 4.98 Å². The van der Waals surface area contributed by atoms with Gasteiger partial charge in [-0.1, -0.05) is 11.6 Å². The number of rotatable bonds is 1. The number of hydrogen-bond donors (Lipinski definition) is 1. The third kappa shape index (κ3) is 1.46. The Morgan fingerprint density at radius 2 is 2.20 bits per heavy atom. The topological polar surface area (TPSA) is 33.1 Å². The van der Waals surface area contributed by atoms with Crippen LogP contribution in [0.15, 0.2) is 18.2 Å². The van der Waals surface area contributed by atoms with E-state index in [0.717, 1.165) is 39.5 Å². The van der Waals surface area contributed by atoms with Crippen molar-refractivity contribution >= 4 is 33.2 Å². The fourth-order valence-electron chi connectivity index (χ4n) is 1.82. The molecule has 0 bridgehead atoms. The van der Waals surface area contributed by atoms with Crippen molar-refractivity contribution in [1.29, 1.82) is 0 Å². The summed E-state index contributed by atoms with van der Waals surface area (Å²) < 4.78 is 1.05. The highest BCUT2D eigenvalue weighted by molar-refractivity contribution is 7.18. The number of thiazole rings is 1. The molecular weight excluding hydrogens is 230 g/mol. The Hall–Kier alpha value is -0.640. The number of aliphatic hydroxyl groups is 1. The van der Waals surface area contributed by atoms with Gasteiger partial charge in [-0.3, -0.25) is 0 Å². The van der Waals surface area contributed by atoms with Crippen LogP contribution in [-0.2, 0) is 5.60 Å². The molecule has 0 atom stereocenters. The quantitative estimate of drug-likeness (QED) is 0.828. The van der Waals surface area contributed by atoms with Crippen molar-refractivity contribution < 1.29 is 5.11 Å². The summed E-state index contributed by atoms with van der Waals surface area (Å²) in [4.78, 5) is 4.46. The van der Waals surface area contributed by atoms with E-state index in [4.69, 9.17) is 11.6 Å². The molecule has 1 N–H and O–H groups in total. The monoisotopic (exact) mass is 239 g/mol. The number of nitrogens with zero attached hydrogens (tertiary/aromatic N) is 1. The van der Waals surface area contributed by atoms with Gasteiger partial charge >= 0.3 is 0 Å². The van der Waals surface area contributed by atoms with Crippen LogP contribution in [0.5, 0.6) is 0 Å². The van der Waals surface area contributed by atoms with Crippen LogP contribution < -0.4 is 0 Å². The van der Waals surface area contributed by atoms with Gasteiger partial charge in [0.05, 0.1) is 10.2 Å². The van der Waals surface area contributed by atoms with Crippen molar-refractivity contribution in [1.82, 2.24) is 4.98 Å². The van der Waals surface area contributed by atoms with Crippen LogP contribution in [0.4, 0.5) is 0 Å². The first-order chi connectivity index (χ1) is 7.17. The molecule has 2 aromatic rings. The Bertz CT molecular complexity index is 518. The van der Waals surface area contributed by atoms with E-state index in [-0.39, 0.29) is 0 Å². The van der Waals surface area contributed by atoms with E-state index in [1.165, 1.54) is 0 Å². The Labute approximate surface area is 96.5 Å². The van der Waals surface area contributed by atoms with Crippen LogP contribution in [0.1, 0.15) is 24.3 Å². The minimum absolute atomic E-state index is 0.657. The van der Waals surface area contributed by atoms with Crippen LogP contribution in [0.2, 0.25) is 5.02 Å². The highest BCUT2D eigenvalue weighted by atomic mass is 35.5. The molecule has 0 radical (unpaired) electrons. The molecule has 0 amide bonds. The fraction of sp³-hybridized carbons (Fsp3) is 0.364. The molecule has 1 saturated carbocycles. The second-order valence-electron chi connectivity index (χ2n) is 4.02. The molecule has 2 nitrogen and oxygen atoms in total. The smallest absolute Gasteiger partial charge is 0.126 e. The summed E-state index contributed by atoms with van der Waals surface area (Å²) in [5.41, 5.74) is 0.274. The lowest BCUT2D eigenvalue weighted by Crippen LogP contribution is -2.33. The van der Waals surface area contributed by atoms with Crippen LogP contribution >= 0.6 is 22.9 Å². The molecule has 1 aromatic heterocycles. The van der Waals surface area contributed by atoms with Crippen LogP contribution in [0.3, 0.4) is 0 Å². The summed E-state index contributed by atoms with van der Waals surface area (Å²) in [6, 6.07) is 5.64. The van der Waals surface area contributed by atoms with Gasteiger partial charge in [-0.05, 0) is 37.5 Å². The maximum atomic E-state index is 10.2. The van der Waals surface area contributed by atoms with Gasteiger partial charge in [0, 0.05) is 5.02 Å². The zero-order valence-electron chi connectivity index (χ0n) is 8.03. The number of aromatic nitrogens is 1. The normalized spacial score (nSPS) is 19.1. The van der Waals surface area contributed by atoms with E-state index in [2.05, 4.69) is 4.98 Å². The molecule has 0 unspecified atom stereocenters. The van der Waals surface area contributed by atoms with E-state index in [1.807, 2.05) is 18.2 Å². The first-order valence-corrected chi connectivity index (χ1v) is 6.16. The average Bonchev–Trinajstić information content (AvgIpc) is 2.57. The number of benzene rings is 1. The first-order valence-electron chi connectivity index (χ1n) is 4.96. The second kappa shape index (κ2) is 3.17. The van der Waals surface area contributed by atoms with Gasteiger partial charge in [-0.15, -0.1) is 11.3 Å². The van der Waals surface area contributed by atoms with Crippen molar-refractivity contribution in [3.63, 3.8) is 0 Å². The summed E-state index contributed by atoms with van der Waals surface area (Å²) in [6.07, 6.45) is 2.76. The van der Waals surface area contributed by atoms with Crippen molar-refractivity contribution in [3.8, 4) is 0 Å². The van der Waals surface area contributed by atoms with Gasteiger partial charge in [0.15, 0.2) is 0 Å². The van der Waals surface area contributed by atoms with E-state index in [1.54, 1.807) is 11.3 Å². The van der Waals surface area contributed by atoms with Gasteiger partial charge in [0.1, 0.15) is 10.6 Å². The molecule has 1 heterocycles. The van der Waals surface area contributed by atoms with Crippen LogP contribution in [0.25, 0.3) is 10.2 Å². The Kier molecular flexibility index (Phi) is 2.03. The molecule has 1 aromatic carbocycles. The lowest BCUT2D eigenvalue weighted by molar-refractivity contribution is -0.0387. The third-order valence-corrected chi connectivity index (χ3v) is 4.38. The molecule has 0 aliphatic heterocycles. The molecule has 1 fully saturated rings. The van der Waals surface area contributed by atoms with Gasteiger partial charge in [0.2, 0.25) is 0 Å². The van der Waals surface area contributed by atoms with Crippen molar-refractivity contribution in [2.75, 3.05) is 0 Å². The lowest BCUT2D eigenvalue weighted by Gasteiger charge is -2.34. The van der Waals surface area contributed by atoms with Gasteiger partial charge in [0.25, 0.3) is 0 Å². The number of hydrogen-bond acceptors (Lipinski definition) is 3. The largest absolute Gasteiger partial charge is 0.383 e. The predicted molar refractivity (Wildman–Crippen MR) is 62.4 cm³/mol. The predicted octanol–water partition coefficient (Wildman–Crippen LogP) is 3.32. The first kappa shape index (κ1) is 9.58. The van der Waals surface area contributed by atoms with E-state index in [9.17, 15) is 5.11 Å². The highest BCUT2D eigenvalue weighted by Crippen LogP contribution is 2.43. The zero-order chi connectivity index (χ0) is 10.5. The molecule has 15 heavy (non-hydrogen) atoms. The van der Waals surface area contributed by atoms with E-state index in [0.29, 0.717) is 0 Å². The lowest BCUT2D eigenvalue weighted by atomic mass is 9.81. The Balaban J connectivity index is 2.14. The minimum atomic E-state index is -0.657. The molecule has 1 aliphatic rings. The summed E-state index contributed by atoms with van der Waals surface area (Å²) in [5, 5.41) is 11.7. The number of fused-ring (bicyclic) bond motifs is 1. The minimum Gasteiger partial charge on any atom is -0.383 e. The zero-order valence-corrected chi connectivity index (χ0v) is 9.61. The summed E-state index contributed by atoms with van der Waals surface area (Å²) >= 11 is 7.46. The molecule has 1 aliphatic carbocycles. The highest BCUT2D eigenvalue weighted by Gasteiger charge is 2.39. The fourth-order valence-corrected chi connectivity index (χ4v) is 3.21. The molecule has 4 heteroatoms. The molecule has 3 rings (SSSR count). The SMILES string of the molecule is OC1(c2nc3ccc(Cl)cc3s2)CCC1. The van der Waals surface area contributed by atoms with Crippen LogP contribution in [-0.4, -0.2) is 10.1 Å². The Morgan fingerprint density at radius 1 is 1.40 bits per heavy atom. The molecule has 78 valence electrons.